The number of hydrogen-bond acceptors (Lipinski definition) is 2. The molecule has 1 aliphatic rings. The van der Waals surface area contributed by atoms with E-state index in [0.29, 0.717) is 0 Å². The predicted molar refractivity (Wildman–Crippen MR) is 46.9 cm³/mol. The zero-order valence-electron chi connectivity index (χ0n) is 8.60. The number of methoxy groups -OCH3 is 1. The Labute approximate surface area is 85.8 Å². The van der Waals surface area contributed by atoms with Gasteiger partial charge >= 0.3 is 6.18 Å². The van der Waals surface area contributed by atoms with Gasteiger partial charge in [-0.3, -0.25) is 4.79 Å². The first-order valence-electron chi connectivity index (χ1n) is 4.61. The van der Waals surface area contributed by atoms with E-state index in [1.165, 1.54) is 7.11 Å². The number of hydrogen-bond donors (Lipinski definition) is 1. The lowest BCUT2D eigenvalue weighted by Gasteiger charge is -2.50. The van der Waals surface area contributed by atoms with Crippen LogP contribution in [0.1, 0.15) is 19.8 Å². The summed E-state index contributed by atoms with van der Waals surface area (Å²) < 4.78 is 41.4. The number of halogens is 3. The first-order valence-corrected chi connectivity index (χ1v) is 4.61. The molecule has 3 nitrogen and oxygen atoms in total. The lowest BCUT2D eigenvalue weighted by molar-refractivity contribution is -0.203. The van der Waals surface area contributed by atoms with Gasteiger partial charge < -0.3 is 10.5 Å². The molecule has 0 bridgehead atoms. The molecule has 0 spiro atoms. The second-order valence-electron chi connectivity index (χ2n) is 4.18. The maximum Gasteiger partial charge on any atom is 0.389 e. The maximum absolute atomic E-state index is 12.1. The minimum atomic E-state index is -4.26. The number of primary amides is 1. The number of nitrogens with two attached hydrogens (primary N) is 1. The normalized spacial score (nSPS) is 36.1. The SMILES string of the molecule is COC1(C)CC(CC(F)(F)F)C1C(N)=O. The molecule has 15 heavy (non-hydrogen) atoms. The maximum atomic E-state index is 12.1. The fourth-order valence-electron chi connectivity index (χ4n) is 2.33. The fraction of sp³-hybridized carbons (Fsp3) is 0.889. The van der Waals surface area contributed by atoms with Gasteiger partial charge in [-0.15, -0.1) is 0 Å². The highest BCUT2D eigenvalue weighted by molar-refractivity contribution is 5.79. The van der Waals surface area contributed by atoms with Crippen molar-refractivity contribution in [1.29, 1.82) is 0 Å². The van der Waals surface area contributed by atoms with Gasteiger partial charge in [0.2, 0.25) is 5.91 Å². The van der Waals surface area contributed by atoms with Gasteiger partial charge in [0.25, 0.3) is 0 Å². The molecule has 88 valence electrons. The lowest BCUT2D eigenvalue weighted by Crippen LogP contribution is -2.59. The number of ether oxygens (including phenoxy) is 1. The van der Waals surface area contributed by atoms with E-state index in [4.69, 9.17) is 10.5 Å². The quantitative estimate of drug-likeness (QED) is 0.790. The molecule has 1 aliphatic carbocycles. The van der Waals surface area contributed by atoms with E-state index in [2.05, 4.69) is 0 Å². The molecule has 1 rings (SSSR count). The molecule has 0 aromatic carbocycles. The van der Waals surface area contributed by atoms with Crippen molar-refractivity contribution in [3.05, 3.63) is 0 Å². The van der Waals surface area contributed by atoms with Crippen LogP contribution in [0.5, 0.6) is 0 Å². The van der Waals surface area contributed by atoms with Crippen molar-refractivity contribution < 1.29 is 22.7 Å². The van der Waals surface area contributed by atoms with E-state index in [-0.39, 0.29) is 6.42 Å². The molecule has 6 heteroatoms. The zero-order chi connectivity index (χ0) is 11.9. The summed E-state index contributed by atoms with van der Waals surface area (Å²) in [5.74, 6) is -2.31. The highest BCUT2D eigenvalue weighted by Gasteiger charge is 2.56. The van der Waals surface area contributed by atoms with Crippen LogP contribution < -0.4 is 5.73 Å². The van der Waals surface area contributed by atoms with Crippen molar-refractivity contribution in [2.24, 2.45) is 17.6 Å². The third-order valence-corrected chi connectivity index (χ3v) is 3.06. The Kier molecular flexibility index (Phi) is 3.00. The minimum absolute atomic E-state index is 0.219. The Bertz CT molecular complexity index is 267. The number of carbonyl (C=O) groups is 1. The molecule has 1 fully saturated rings. The standard InChI is InChI=1S/C9H14F3NO2/c1-8(15-2)3-5(4-9(10,11)12)6(8)7(13)14/h5-6H,3-4H2,1-2H3,(H2,13,14). The second-order valence-corrected chi connectivity index (χ2v) is 4.18. The van der Waals surface area contributed by atoms with Crippen LogP contribution in [0.2, 0.25) is 0 Å². The summed E-state index contributed by atoms with van der Waals surface area (Å²) in [5.41, 5.74) is 4.24. The molecule has 0 aromatic rings. The number of amides is 1. The van der Waals surface area contributed by atoms with Gasteiger partial charge in [-0.2, -0.15) is 13.2 Å². The number of alkyl halides is 3. The Morgan fingerprint density at radius 3 is 2.47 bits per heavy atom. The van der Waals surface area contributed by atoms with E-state index < -0.39 is 35.9 Å². The molecule has 0 aliphatic heterocycles. The molecule has 0 saturated heterocycles. The summed E-state index contributed by atoms with van der Waals surface area (Å²) in [4.78, 5) is 11.0. The van der Waals surface area contributed by atoms with Crippen LogP contribution in [0.15, 0.2) is 0 Å². The van der Waals surface area contributed by atoms with Crippen molar-refractivity contribution in [2.45, 2.75) is 31.5 Å². The van der Waals surface area contributed by atoms with E-state index in [1.54, 1.807) is 6.92 Å². The molecule has 1 saturated carbocycles. The number of carbonyl (C=O) groups excluding carboxylic acids is 1. The van der Waals surface area contributed by atoms with Gasteiger partial charge in [0.05, 0.1) is 11.5 Å². The largest absolute Gasteiger partial charge is 0.389 e. The average molecular weight is 225 g/mol. The second kappa shape index (κ2) is 3.66. The van der Waals surface area contributed by atoms with E-state index in [0.717, 1.165) is 0 Å². The van der Waals surface area contributed by atoms with Crippen molar-refractivity contribution >= 4 is 5.91 Å². The molecule has 0 radical (unpaired) electrons. The van der Waals surface area contributed by atoms with Gasteiger partial charge in [0, 0.05) is 13.5 Å². The minimum Gasteiger partial charge on any atom is -0.378 e. The average Bonchev–Trinajstić information content (AvgIpc) is 1.98. The summed E-state index contributed by atoms with van der Waals surface area (Å²) in [7, 11) is 1.37. The van der Waals surface area contributed by atoms with Crippen molar-refractivity contribution in [1.82, 2.24) is 0 Å². The Morgan fingerprint density at radius 2 is 2.13 bits per heavy atom. The molecule has 0 aromatic heterocycles. The van der Waals surface area contributed by atoms with Gasteiger partial charge in [0.15, 0.2) is 0 Å². The molecule has 3 atom stereocenters. The van der Waals surface area contributed by atoms with Crippen molar-refractivity contribution in [2.75, 3.05) is 7.11 Å². The third-order valence-electron chi connectivity index (χ3n) is 3.06. The number of rotatable bonds is 3. The van der Waals surface area contributed by atoms with E-state index >= 15 is 0 Å². The van der Waals surface area contributed by atoms with Crippen LogP contribution >= 0.6 is 0 Å². The van der Waals surface area contributed by atoms with E-state index in [1.807, 2.05) is 0 Å². The summed E-state index contributed by atoms with van der Waals surface area (Å²) in [6.45, 7) is 1.61. The highest BCUT2D eigenvalue weighted by Crippen LogP contribution is 2.50. The Hall–Kier alpha value is -0.780. The summed E-state index contributed by atoms with van der Waals surface area (Å²) in [6, 6.07) is 0. The van der Waals surface area contributed by atoms with Gasteiger partial charge in [-0.25, -0.2) is 0 Å². The Balaban J connectivity index is 2.69. The monoisotopic (exact) mass is 225 g/mol. The van der Waals surface area contributed by atoms with Crippen LogP contribution in [0.25, 0.3) is 0 Å². The van der Waals surface area contributed by atoms with Gasteiger partial charge in [-0.05, 0) is 19.3 Å². The fourth-order valence-corrected chi connectivity index (χ4v) is 2.33. The molecule has 2 N–H and O–H groups in total. The summed E-state index contributed by atoms with van der Waals surface area (Å²) >= 11 is 0. The Morgan fingerprint density at radius 1 is 1.60 bits per heavy atom. The third kappa shape index (κ3) is 2.42. The topological polar surface area (TPSA) is 52.3 Å². The zero-order valence-corrected chi connectivity index (χ0v) is 8.60. The van der Waals surface area contributed by atoms with Gasteiger partial charge in [0.1, 0.15) is 0 Å². The van der Waals surface area contributed by atoms with Crippen LogP contribution in [0, 0.1) is 11.8 Å². The lowest BCUT2D eigenvalue weighted by atomic mass is 9.60. The molecular weight excluding hydrogens is 211 g/mol. The predicted octanol–water partition coefficient (Wildman–Crippen LogP) is 1.47. The van der Waals surface area contributed by atoms with Crippen LogP contribution in [-0.2, 0) is 9.53 Å². The first-order chi connectivity index (χ1) is 6.69. The summed E-state index contributed by atoms with van der Waals surface area (Å²) in [5, 5.41) is 0. The van der Waals surface area contributed by atoms with Crippen LogP contribution in [0.3, 0.4) is 0 Å². The molecule has 0 heterocycles. The summed E-state index contributed by atoms with van der Waals surface area (Å²) in [6.07, 6.45) is -5.01. The molecular formula is C9H14F3NO2. The van der Waals surface area contributed by atoms with Crippen molar-refractivity contribution in [3.63, 3.8) is 0 Å². The first kappa shape index (κ1) is 12.3. The van der Waals surface area contributed by atoms with Gasteiger partial charge in [-0.1, -0.05) is 0 Å². The van der Waals surface area contributed by atoms with Crippen LogP contribution in [-0.4, -0.2) is 24.8 Å². The van der Waals surface area contributed by atoms with Crippen molar-refractivity contribution in [3.8, 4) is 0 Å². The smallest absolute Gasteiger partial charge is 0.378 e. The molecule has 3 unspecified atom stereocenters. The highest BCUT2D eigenvalue weighted by atomic mass is 19.4. The van der Waals surface area contributed by atoms with Crippen LogP contribution in [0.4, 0.5) is 13.2 Å². The van der Waals surface area contributed by atoms with E-state index in [9.17, 15) is 18.0 Å². The molecule has 1 amide bonds.